The van der Waals surface area contributed by atoms with Crippen LogP contribution in [0.15, 0.2) is 46.5 Å². The van der Waals surface area contributed by atoms with Crippen molar-refractivity contribution in [1.29, 1.82) is 0 Å². The summed E-state index contributed by atoms with van der Waals surface area (Å²) in [7, 11) is -3.53. The molecule has 0 aliphatic rings. The third kappa shape index (κ3) is 4.85. The summed E-state index contributed by atoms with van der Waals surface area (Å²) in [5.41, 5.74) is 1.82. The highest BCUT2D eigenvalue weighted by atomic mass is 32.2. The number of aromatic nitrogens is 3. The molecule has 0 saturated carbocycles. The molecule has 6 nitrogen and oxygen atoms in total. The molecule has 0 radical (unpaired) electrons. The molecule has 0 fully saturated rings. The molecule has 1 aromatic heterocycles. The minimum atomic E-state index is -3.53. The van der Waals surface area contributed by atoms with Gasteiger partial charge in [-0.3, -0.25) is 4.57 Å². The second-order valence-corrected chi connectivity index (χ2v) is 9.68. The first kappa shape index (κ1) is 22.6. The van der Waals surface area contributed by atoms with E-state index in [1.54, 1.807) is 30.0 Å². The molecule has 0 spiro atoms. The van der Waals surface area contributed by atoms with Crippen LogP contribution in [-0.4, -0.2) is 46.3 Å². The smallest absolute Gasteiger partial charge is 0.243 e. The molecule has 0 aliphatic heterocycles. The molecule has 1 atom stereocenters. The Labute approximate surface area is 173 Å². The average Bonchev–Trinajstić information content (AvgIpc) is 3.10. The van der Waals surface area contributed by atoms with Gasteiger partial charge in [-0.2, -0.15) is 4.31 Å². The Morgan fingerprint density at radius 1 is 1.25 bits per heavy atom. The van der Waals surface area contributed by atoms with Crippen LogP contribution < -0.4 is 0 Å². The van der Waals surface area contributed by atoms with Gasteiger partial charge in [0.15, 0.2) is 11.0 Å². The summed E-state index contributed by atoms with van der Waals surface area (Å²) in [6, 6.07) is 7.18. The summed E-state index contributed by atoms with van der Waals surface area (Å²) in [5.74, 6) is 1.46. The molecule has 1 unspecified atom stereocenters. The van der Waals surface area contributed by atoms with Crippen molar-refractivity contribution in [1.82, 2.24) is 19.1 Å². The molecule has 28 heavy (non-hydrogen) atoms. The van der Waals surface area contributed by atoms with Gasteiger partial charge < -0.3 is 0 Å². The van der Waals surface area contributed by atoms with Crippen LogP contribution >= 0.6 is 11.8 Å². The maximum absolute atomic E-state index is 12.9. The minimum absolute atomic E-state index is 0.195. The number of nitrogens with zero attached hydrogens (tertiary/aromatic N) is 4. The first-order chi connectivity index (χ1) is 13.3. The monoisotopic (exact) mass is 422 g/mol. The predicted molar refractivity (Wildman–Crippen MR) is 116 cm³/mol. The molecule has 2 aromatic rings. The largest absolute Gasteiger partial charge is 0.299 e. The molecule has 0 saturated heterocycles. The fraction of sp³-hybridized carbons (Fsp3) is 0.500. The minimum Gasteiger partial charge on any atom is -0.299 e. The Morgan fingerprint density at radius 3 is 2.50 bits per heavy atom. The zero-order chi connectivity index (χ0) is 20.9. The van der Waals surface area contributed by atoms with Crippen LogP contribution in [0.3, 0.4) is 0 Å². The van der Waals surface area contributed by atoms with Crippen LogP contribution in [0.25, 0.3) is 11.4 Å². The zero-order valence-corrected chi connectivity index (χ0v) is 19.0. The molecule has 0 N–H and O–H groups in total. The molecule has 1 aromatic carbocycles. The van der Waals surface area contributed by atoms with Gasteiger partial charge in [0.1, 0.15) is 0 Å². The highest BCUT2D eigenvalue weighted by molar-refractivity contribution is 7.99. The molecule has 1 heterocycles. The maximum atomic E-state index is 12.9. The quantitative estimate of drug-likeness (QED) is 0.413. The van der Waals surface area contributed by atoms with Crippen molar-refractivity contribution in [3.05, 3.63) is 36.4 Å². The van der Waals surface area contributed by atoms with Crippen molar-refractivity contribution in [2.24, 2.45) is 0 Å². The van der Waals surface area contributed by atoms with Gasteiger partial charge in [0.2, 0.25) is 10.0 Å². The van der Waals surface area contributed by atoms with Crippen molar-refractivity contribution in [3.8, 4) is 11.4 Å². The van der Waals surface area contributed by atoms with Crippen LogP contribution in [0.2, 0.25) is 0 Å². The van der Waals surface area contributed by atoms with E-state index < -0.39 is 10.0 Å². The number of sulfonamides is 1. The number of hydrogen-bond donors (Lipinski definition) is 0. The van der Waals surface area contributed by atoms with E-state index in [-0.39, 0.29) is 10.9 Å². The Balaban J connectivity index is 2.52. The fourth-order valence-electron chi connectivity index (χ4n) is 2.85. The molecule has 2 rings (SSSR count). The Kier molecular flexibility index (Phi) is 7.86. The van der Waals surface area contributed by atoms with E-state index in [9.17, 15) is 8.42 Å². The first-order valence-corrected chi connectivity index (χ1v) is 12.0. The van der Waals surface area contributed by atoms with E-state index in [0.717, 1.165) is 28.5 Å². The van der Waals surface area contributed by atoms with Gasteiger partial charge in [-0.15, -0.1) is 10.2 Å². The summed E-state index contributed by atoms with van der Waals surface area (Å²) in [6.45, 7) is 14.7. The fourth-order valence-corrected chi connectivity index (χ4v) is 5.23. The Morgan fingerprint density at radius 2 is 1.93 bits per heavy atom. The topological polar surface area (TPSA) is 68.1 Å². The summed E-state index contributed by atoms with van der Waals surface area (Å²) in [6.07, 6.45) is 0.920. The maximum Gasteiger partial charge on any atom is 0.243 e. The standard InChI is InChI=1S/C20H30N4O2S2/c1-7-16(6)24-19(21-22-20(24)27-14-15(4)5)17-11-10-12-18(13-17)28(25,26)23(8-2)9-3/h10-13,16H,4,7-9,14H2,1-3,5-6H3. The van der Waals surface area contributed by atoms with Crippen molar-refractivity contribution < 1.29 is 8.42 Å². The lowest BCUT2D eigenvalue weighted by molar-refractivity contribution is 0.445. The van der Waals surface area contributed by atoms with Gasteiger partial charge >= 0.3 is 0 Å². The first-order valence-electron chi connectivity index (χ1n) is 9.58. The normalized spacial score (nSPS) is 13.1. The summed E-state index contributed by atoms with van der Waals surface area (Å²) in [5, 5.41) is 9.59. The van der Waals surface area contributed by atoms with Crippen LogP contribution in [0.4, 0.5) is 0 Å². The van der Waals surface area contributed by atoms with Gasteiger partial charge in [-0.05, 0) is 32.4 Å². The van der Waals surface area contributed by atoms with Crippen molar-refractivity contribution in [2.45, 2.75) is 57.1 Å². The van der Waals surface area contributed by atoms with Crippen LogP contribution in [0.1, 0.15) is 47.1 Å². The second-order valence-electron chi connectivity index (χ2n) is 6.80. The summed E-state index contributed by atoms with van der Waals surface area (Å²) >= 11 is 1.60. The molecule has 0 amide bonds. The van der Waals surface area contributed by atoms with Gasteiger partial charge in [0, 0.05) is 30.4 Å². The zero-order valence-electron chi connectivity index (χ0n) is 17.3. The molecule has 8 heteroatoms. The molecular weight excluding hydrogens is 392 g/mol. The van der Waals surface area contributed by atoms with E-state index in [1.165, 1.54) is 4.31 Å². The van der Waals surface area contributed by atoms with Crippen LogP contribution in [-0.2, 0) is 10.0 Å². The van der Waals surface area contributed by atoms with Crippen LogP contribution in [0, 0.1) is 0 Å². The summed E-state index contributed by atoms with van der Waals surface area (Å²) in [4.78, 5) is 0.281. The molecule has 0 bridgehead atoms. The third-order valence-corrected chi connectivity index (χ3v) is 7.80. The van der Waals surface area contributed by atoms with Gasteiger partial charge in [0.25, 0.3) is 0 Å². The van der Waals surface area contributed by atoms with Crippen molar-refractivity contribution >= 4 is 21.8 Å². The van der Waals surface area contributed by atoms with Gasteiger partial charge in [0.05, 0.1) is 4.90 Å². The van der Waals surface area contributed by atoms with Gasteiger partial charge in [-0.1, -0.05) is 56.8 Å². The Hall–Kier alpha value is -1.64. The van der Waals surface area contributed by atoms with Crippen molar-refractivity contribution in [2.75, 3.05) is 18.8 Å². The van der Waals surface area contributed by atoms with E-state index >= 15 is 0 Å². The number of benzene rings is 1. The molecular formula is C20H30N4O2S2. The van der Waals surface area contributed by atoms with E-state index in [2.05, 4.69) is 35.2 Å². The Bertz CT molecular complexity index is 918. The lowest BCUT2D eigenvalue weighted by Crippen LogP contribution is -2.30. The van der Waals surface area contributed by atoms with Gasteiger partial charge in [-0.25, -0.2) is 8.42 Å². The van der Waals surface area contributed by atoms with E-state index in [1.807, 2.05) is 26.8 Å². The summed E-state index contributed by atoms with van der Waals surface area (Å²) < 4.78 is 29.4. The highest BCUT2D eigenvalue weighted by Crippen LogP contribution is 2.31. The third-order valence-electron chi connectivity index (χ3n) is 4.58. The number of rotatable bonds is 10. The lowest BCUT2D eigenvalue weighted by atomic mass is 10.2. The number of hydrogen-bond acceptors (Lipinski definition) is 5. The SMILES string of the molecule is C=C(C)CSc1nnc(-c2cccc(S(=O)(=O)N(CC)CC)c2)n1C(C)CC. The van der Waals surface area contributed by atoms with Crippen molar-refractivity contribution in [3.63, 3.8) is 0 Å². The molecule has 154 valence electrons. The van der Waals surface area contributed by atoms with E-state index in [0.29, 0.717) is 18.9 Å². The van der Waals surface area contributed by atoms with Crippen LogP contribution in [0.5, 0.6) is 0 Å². The second kappa shape index (κ2) is 9.71. The number of thioether (sulfide) groups is 1. The average molecular weight is 423 g/mol. The predicted octanol–water partition coefficient (Wildman–Crippen LogP) is 4.61. The lowest BCUT2D eigenvalue weighted by Gasteiger charge is -2.19. The van der Waals surface area contributed by atoms with E-state index in [4.69, 9.17) is 0 Å². The highest BCUT2D eigenvalue weighted by Gasteiger charge is 2.24. The molecule has 0 aliphatic carbocycles.